The highest BCUT2D eigenvalue weighted by Gasteiger charge is 2.07. The van der Waals surface area contributed by atoms with Gasteiger partial charge in [-0.25, -0.2) is 0 Å². The van der Waals surface area contributed by atoms with E-state index in [0.717, 1.165) is 10.6 Å². The Balaban J connectivity index is 1.48. The molecule has 0 radical (unpaired) electrons. The number of hydrogen-bond acceptors (Lipinski definition) is 5. The molecule has 0 fully saturated rings. The molecule has 3 aromatic rings. The van der Waals surface area contributed by atoms with Crippen molar-refractivity contribution < 1.29 is 9.32 Å². The van der Waals surface area contributed by atoms with Crippen molar-refractivity contribution in [3.05, 3.63) is 65.3 Å². The van der Waals surface area contributed by atoms with Crippen LogP contribution in [-0.2, 0) is 11.2 Å². The summed E-state index contributed by atoms with van der Waals surface area (Å²) in [6.07, 6.45) is 1.70. The number of aromatic nitrogens is 2. The van der Waals surface area contributed by atoms with Crippen molar-refractivity contribution in [2.75, 3.05) is 5.32 Å². The molecule has 1 heterocycles. The first-order valence-electron chi connectivity index (χ1n) is 8.94. The Labute approximate surface area is 163 Å². The number of rotatable bonds is 7. The van der Waals surface area contributed by atoms with Crippen molar-refractivity contribution in [2.45, 2.75) is 49.8 Å². The molecule has 0 bridgehead atoms. The Morgan fingerprint density at radius 2 is 1.89 bits per heavy atom. The van der Waals surface area contributed by atoms with Gasteiger partial charge in [0.1, 0.15) is 0 Å². The van der Waals surface area contributed by atoms with Crippen LogP contribution < -0.4 is 5.32 Å². The minimum absolute atomic E-state index is 0.0129. The van der Waals surface area contributed by atoms with Crippen LogP contribution in [0.2, 0.25) is 0 Å². The Morgan fingerprint density at radius 3 is 2.56 bits per heavy atom. The summed E-state index contributed by atoms with van der Waals surface area (Å²) >= 11 is 1.73. The van der Waals surface area contributed by atoms with Crippen LogP contribution in [0.15, 0.2) is 56.8 Å². The molecule has 0 aliphatic heterocycles. The van der Waals surface area contributed by atoms with E-state index in [1.807, 2.05) is 24.3 Å². The van der Waals surface area contributed by atoms with E-state index >= 15 is 0 Å². The van der Waals surface area contributed by atoms with Crippen LogP contribution in [0.5, 0.6) is 0 Å². The monoisotopic (exact) mass is 381 g/mol. The van der Waals surface area contributed by atoms with Gasteiger partial charge in [-0.3, -0.25) is 4.79 Å². The van der Waals surface area contributed by atoms with Crippen molar-refractivity contribution >= 4 is 23.4 Å². The first-order valence-corrected chi connectivity index (χ1v) is 9.75. The lowest BCUT2D eigenvalue weighted by Gasteiger charge is -2.08. The molecule has 1 aromatic heterocycles. The molecule has 27 heavy (non-hydrogen) atoms. The van der Waals surface area contributed by atoms with Gasteiger partial charge in [-0.1, -0.05) is 34.6 Å². The van der Waals surface area contributed by atoms with Gasteiger partial charge in [0.05, 0.1) is 0 Å². The molecule has 140 valence electrons. The zero-order chi connectivity index (χ0) is 19.2. The van der Waals surface area contributed by atoms with Gasteiger partial charge in [-0.2, -0.15) is 4.98 Å². The first kappa shape index (κ1) is 19.2. The number of anilines is 1. The van der Waals surface area contributed by atoms with Crippen LogP contribution in [0.3, 0.4) is 0 Å². The van der Waals surface area contributed by atoms with Crippen LogP contribution in [0.25, 0.3) is 0 Å². The second kappa shape index (κ2) is 8.86. The molecule has 1 N–H and O–H groups in total. The molecule has 3 rings (SSSR count). The van der Waals surface area contributed by atoms with Gasteiger partial charge in [-0.15, -0.1) is 0 Å². The maximum atomic E-state index is 12.1. The molecule has 0 saturated heterocycles. The molecule has 0 spiro atoms. The van der Waals surface area contributed by atoms with Crippen LogP contribution in [0.1, 0.15) is 35.7 Å². The quantitative estimate of drug-likeness (QED) is 0.616. The molecule has 0 unspecified atom stereocenters. The molecular formula is C21H23N3O2S. The Hall–Kier alpha value is -2.60. The fourth-order valence-corrected chi connectivity index (χ4v) is 3.59. The summed E-state index contributed by atoms with van der Waals surface area (Å²) in [6.45, 7) is 6.00. The van der Waals surface area contributed by atoms with Crippen molar-refractivity contribution in [2.24, 2.45) is 0 Å². The van der Waals surface area contributed by atoms with Crippen molar-refractivity contribution in [1.82, 2.24) is 10.1 Å². The van der Waals surface area contributed by atoms with Gasteiger partial charge in [0.2, 0.25) is 11.8 Å². The number of nitrogens with zero attached hydrogens (tertiary/aromatic N) is 2. The average Bonchev–Trinajstić information content (AvgIpc) is 3.04. The minimum Gasteiger partial charge on any atom is -0.339 e. The molecule has 0 atom stereocenters. The number of benzene rings is 2. The van der Waals surface area contributed by atoms with Gasteiger partial charge in [0, 0.05) is 28.3 Å². The van der Waals surface area contributed by atoms with Gasteiger partial charge in [0.25, 0.3) is 0 Å². The standard InChI is InChI=1S/C21H23N3O2S/c1-14-7-12-19(15(2)13-14)27-18-10-8-17(9-11-18)23-20(25)5-4-6-21-22-16(3)24-26-21/h7-13H,4-6H2,1-3H3,(H,23,25). The average molecular weight is 382 g/mol. The number of amides is 1. The normalized spacial score (nSPS) is 10.8. The molecule has 1 amide bonds. The fourth-order valence-electron chi connectivity index (χ4n) is 2.71. The minimum atomic E-state index is -0.0129. The Bertz CT molecular complexity index is 919. The lowest BCUT2D eigenvalue weighted by atomic mass is 10.2. The molecular weight excluding hydrogens is 358 g/mol. The maximum absolute atomic E-state index is 12.1. The van der Waals surface area contributed by atoms with Gasteiger partial charge < -0.3 is 9.84 Å². The third kappa shape index (κ3) is 5.69. The molecule has 0 saturated carbocycles. The second-order valence-electron chi connectivity index (χ2n) is 6.53. The highest BCUT2D eigenvalue weighted by atomic mass is 32.2. The fraction of sp³-hybridized carbons (Fsp3) is 0.286. The van der Waals surface area contributed by atoms with E-state index in [4.69, 9.17) is 4.52 Å². The van der Waals surface area contributed by atoms with Gasteiger partial charge >= 0.3 is 0 Å². The number of aryl methyl sites for hydroxylation is 4. The summed E-state index contributed by atoms with van der Waals surface area (Å²) in [4.78, 5) is 18.6. The number of nitrogens with one attached hydrogen (secondary N) is 1. The molecule has 0 aliphatic rings. The summed E-state index contributed by atoms with van der Waals surface area (Å²) < 4.78 is 5.05. The van der Waals surface area contributed by atoms with Gasteiger partial charge in [-0.05, 0) is 63.1 Å². The van der Waals surface area contributed by atoms with Crippen molar-refractivity contribution in [3.8, 4) is 0 Å². The number of hydrogen-bond donors (Lipinski definition) is 1. The van der Waals surface area contributed by atoms with E-state index < -0.39 is 0 Å². The highest BCUT2D eigenvalue weighted by molar-refractivity contribution is 7.99. The summed E-state index contributed by atoms with van der Waals surface area (Å²) in [6, 6.07) is 14.4. The summed E-state index contributed by atoms with van der Waals surface area (Å²) in [5.74, 6) is 1.18. The van der Waals surface area contributed by atoms with E-state index in [9.17, 15) is 4.79 Å². The maximum Gasteiger partial charge on any atom is 0.226 e. The van der Waals surface area contributed by atoms with E-state index in [2.05, 4.69) is 47.5 Å². The highest BCUT2D eigenvalue weighted by Crippen LogP contribution is 2.31. The lowest BCUT2D eigenvalue weighted by molar-refractivity contribution is -0.116. The summed E-state index contributed by atoms with van der Waals surface area (Å²) in [5.41, 5.74) is 3.34. The zero-order valence-electron chi connectivity index (χ0n) is 15.8. The third-order valence-corrected chi connectivity index (χ3v) is 5.25. The molecule has 5 nitrogen and oxygen atoms in total. The summed E-state index contributed by atoms with van der Waals surface area (Å²) in [5, 5.41) is 6.67. The smallest absolute Gasteiger partial charge is 0.226 e. The van der Waals surface area contributed by atoms with E-state index in [0.29, 0.717) is 31.0 Å². The first-order chi connectivity index (χ1) is 13.0. The van der Waals surface area contributed by atoms with E-state index in [1.54, 1.807) is 18.7 Å². The Morgan fingerprint density at radius 1 is 1.11 bits per heavy atom. The van der Waals surface area contributed by atoms with Gasteiger partial charge in [0.15, 0.2) is 5.82 Å². The molecule has 0 aliphatic carbocycles. The van der Waals surface area contributed by atoms with Crippen LogP contribution in [-0.4, -0.2) is 16.0 Å². The number of carbonyl (C=O) groups excluding carboxylic acids is 1. The largest absolute Gasteiger partial charge is 0.339 e. The second-order valence-corrected chi connectivity index (χ2v) is 7.65. The molecule has 6 heteroatoms. The zero-order valence-corrected chi connectivity index (χ0v) is 16.6. The molecule has 2 aromatic carbocycles. The van der Waals surface area contributed by atoms with Crippen molar-refractivity contribution in [3.63, 3.8) is 0 Å². The van der Waals surface area contributed by atoms with Crippen LogP contribution >= 0.6 is 11.8 Å². The Kier molecular flexibility index (Phi) is 6.29. The van der Waals surface area contributed by atoms with Crippen molar-refractivity contribution in [1.29, 1.82) is 0 Å². The topological polar surface area (TPSA) is 68.0 Å². The predicted molar refractivity (Wildman–Crippen MR) is 107 cm³/mol. The predicted octanol–water partition coefficient (Wildman–Crippen LogP) is 5.11. The number of carbonyl (C=O) groups is 1. The van der Waals surface area contributed by atoms with E-state index in [1.165, 1.54) is 16.0 Å². The van der Waals surface area contributed by atoms with Crippen LogP contribution in [0.4, 0.5) is 5.69 Å². The lowest BCUT2D eigenvalue weighted by Crippen LogP contribution is -2.11. The summed E-state index contributed by atoms with van der Waals surface area (Å²) in [7, 11) is 0. The van der Waals surface area contributed by atoms with E-state index in [-0.39, 0.29) is 5.91 Å². The SMILES string of the molecule is Cc1ccc(Sc2ccc(NC(=O)CCCc3nc(C)no3)cc2)c(C)c1. The van der Waals surface area contributed by atoms with Crippen LogP contribution in [0, 0.1) is 20.8 Å². The third-order valence-electron chi connectivity index (χ3n) is 4.06.